The third-order valence-electron chi connectivity index (χ3n) is 3.75. The molecule has 3 aromatic rings. The van der Waals surface area contributed by atoms with Crippen molar-refractivity contribution in [1.29, 1.82) is 0 Å². The van der Waals surface area contributed by atoms with Crippen molar-refractivity contribution in [2.24, 2.45) is 0 Å². The maximum atomic E-state index is 2.27. The molecule has 3 rings (SSSR count). The summed E-state index contributed by atoms with van der Waals surface area (Å²) < 4.78 is 0. The van der Waals surface area contributed by atoms with E-state index in [0.717, 1.165) is 6.16 Å². The van der Waals surface area contributed by atoms with E-state index in [0.29, 0.717) is 0 Å². The fraction of sp³-hybridized carbons (Fsp3) is 0.100. The highest BCUT2D eigenvalue weighted by atomic mass is 31.1. The summed E-state index contributed by atoms with van der Waals surface area (Å²) in [5.41, 5.74) is 2.76. The zero-order valence-corrected chi connectivity index (χ0v) is 13.3. The van der Waals surface area contributed by atoms with Gasteiger partial charge in [0.2, 0.25) is 0 Å². The number of aryl methyl sites for hydroxylation is 1. The Morgan fingerprint density at radius 1 is 0.619 bits per heavy atom. The molecule has 21 heavy (non-hydrogen) atoms. The second-order valence-corrected chi connectivity index (χ2v) is 7.84. The summed E-state index contributed by atoms with van der Waals surface area (Å²) >= 11 is 0. The van der Waals surface area contributed by atoms with Gasteiger partial charge in [-0.05, 0) is 36.8 Å². The lowest BCUT2D eigenvalue weighted by Gasteiger charge is -2.11. The summed E-state index contributed by atoms with van der Waals surface area (Å²) in [6.45, 7) is 2.14. The van der Waals surface area contributed by atoms with Crippen molar-refractivity contribution in [3.05, 3.63) is 96.1 Å². The predicted octanol–water partition coefficient (Wildman–Crippen LogP) is 4.36. The van der Waals surface area contributed by atoms with E-state index in [9.17, 15) is 0 Å². The van der Waals surface area contributed by atoms with E-state index < -0.39 is 7.92 Å². The first-order valence-corrected chi connectivity index (χ1v) is 9.06. The maximum Gasteiger partial charge on any atom is 0.0970 e. The summed E-state index contributed by atoms with van der Waals surface area (Å²) in [5.74, 6) is 0. The summed E-state index contributed by atoms with van der Waals surface area (Å²) in [6.07, 6.45) is 1.14. The maximum absolute atomic E-state index is 2.27. The van der Waals surface area contributed by atoms with E-state index in [1.807, 2.05) is 0 Å². The average Bonchev–Trinajstić information content (AvgIpc) is 2.56. The zero-order chi connectivity index (χ0) is 14.5. The fourth-order valence-corrected chi connectivity index (χ4v) is 5.13. The van der Waals surface area contributed by atoms with E-state index in [4.69, 9.17) is 0 Å². The van der Waals surface area contributed by atoms with Crippen LogP contribution in [0.1, 0.15) is 11.1 Å². The van der Waals surface area contributed by atoms with E-state index in [-0.39, 0.29) is 0 Å². The molecule has 0 saturated carbocycles. The van der Waals surface area contributed by atoms with Crippen molar-refractivity contribution < 1.29 is 0 Å². The number of benzene rings is 3. The van der Waals surface area contributed by atoms with Gasteiger partial charge in [-0.25, -0.2) is 0 Å². The van der Waals surface area contributed by atoms with Crippen molar-refractivity contribution in [3.8, 4) is 0 Å². The van der Waals surface area contributed by atoms with Crippen LogP contribution in [0, 0.1) is 6.92 Å². The molecule has 0 spiro atoms. The molecule has 1 heteroatoms. The molecule has 0 aliphatic rings. The van der Waals surface area contributed by atoms with Crippen molar-refractivity contribution in [2.45, 2.75) is 13.1 Å². The van der Waals surface area contributed by atoms with Gasteiger partial charge in [0.05, 0.1) is 24.7 Å². The molecule has 0 aliphatic carbocycles. The normalized spacial score (nSPS) is 10.8. The summed E-state index contributed by atoms with van der Waals surface area (Å²) in [7, 11) is -0.765. The lowest BCUT2D eigenvalue weighted by Crippen LogP contribution is -2.12. The third-order valence-corrected chi connectivity index (χ3v) is 6.57. The smallest absolute Gasteiger partial charge is 0.0620 e. The first kappa shape index (κ1) is 14.0. The Labute approximate surface area is 128 Å². The number of hydrogen-bond donors (Lipinski definition) is 0. The molecule has 3 aromatic carbocycles. The fourth-order valence-electron chi connectivity index (χ4n) is 2.56. The molecular weight excluding hydrogens is 271 g/mol. The lowest BCUT2D eigenvalue weighted by molar-refractivity contribution is 1.36. The molecule has 0 nitrogen and oxygen atoms in total. The van der Waals surface area contributed by atoms with Crippen LogP contribution in [-0.2, 0) is 6.16 Å². The van der Waals surface area contributed by atoms with Gasteiger partial charge in [0, 0.05) is 0 Å². The zero-order valence-electron chi connectivity index (χ0n) is 12.3. The van der Waals surface area contributed by atoms with Crippen molar-refractivity contribution >= 4 is 18.5 Å². The predicted molar refractivity (Wildman–Crippen MR) is 95.4 cm³/mol. The molecule has 104 valence electrons. The Hall–Kier alpha value is -1.91. The molecule has 0 bridgehead atoms. The molecule has 0 saturated heterocycles. The Kier molecular flexibility index (Phi) is 4.48. The highest BCUT2D eigenvalue weighted by Gasteiger charge is 2.22. The van der Waals surface area contributed by atoms with Gasteiger partial charge in [-0.1, -0.05) is 66.2 Å². The van der Waals surface area contributed by atoms with Crippen LogP contribution in [0.4, 0.5) is 0 Å². The highest BCUT2D eigenvalue weighted by Crippen LogP contribution is 2.37. The minimum atomic E-state index is -0.765. The van der Waals surface area contributed by atoms with Crippen LogP contribution in [0.3, 0.4) is 0 Å². The highest BCUT2D eigenvalue weighted by molar-refractivity contribution is 7.72. The SMILES string of the molecule is Cc1ccc(C[PH+](c2ccccc2)c2ccccc2)cc1. The largest absolute Gasteiger partial charge is 0.0970 e. The van der Waals surface area contributed by atoms with Gasteiger partial charge in [-0.3, -0.25) is 0 Å². The van der Waals surface area contributed by atoms with E-state index >= 15 is 0 Å². The van der Waals surface area contributed by atoms with Crippen molar-refractivity contribution in [3.63, 3.8) is 0 Å². The first-order valence-electron chi connectivity index (χ1n) is 7.35. The molecule has 0 amide bonds. The van der Waals surface area contributed by atoms with Gasteiger partial charge in [-0.2, -0.15) is 0 Å². The van der Waals surface area contributed by atoms with Gasteiger partial charge in [-0.15, -0.1) is 0 Å². The van der Waals surface area contributed by atoms with E-state index in [1.165, 1.54) is 21.7 Å². The number of rotatable bonds is 4. The second-order valence-electron chi connectivity index (χ2n) is 5.37. The van der Waals surface area contributed by atoms with E-state index in [1.54, 1.807) is 0 Å². The molecule has 0 N–H and O–H groups in total. The van der Waals surface area contributed by atoms with Crippen LogP contribution in [0.5, 0.6) is 0 Å². The van der Waals surface area contributed by atoms with Crippen LogP contribution in [0.25, 0.3) is 0 Å². The molecular formula is C20H20P+. The summed E-state index contributed by atoms with van der Waals surface area (Å²) in [4.78, 5) is 0. The molecule has 0 unspecified atom stereocenters. The van der Waals surface area contributed by atoms with Gasteiger partial charge in [0.25, 0.3) is 0 Å². The van der Waals surface area contributed by atoms with E-state index in [2.05, 4.69) is 91.9 Å². The topological polar surface area (TPSA) is 0 Å². The number of hydrogen-bond acceptors (Lipinski definition) is 0. The standard InChI is InChI=1S/C20H19P/c1-17-12-14-18(15-13-17)16-21(19-8-4-2-5-9-19)20-10-6-3-7-11-20/h2-15H,16H2,1H3/p+1. The van der Waals surface area contributed by atoms with Crippen molar-refractivity contribution in [2.75, 3.05) is 0 Å². The van der Waals surface area contributed by atoms with Gasteiger partial charge < -0.3 is 0 Å². The van der Waals surface area contributed by atoms with Crippen molar-refractivity contribution in [1.82, 2.24) is 0 Å². The van der Waals surface area contributed by atoms with Gasteiger partial charge in [0.1, 0.15) is 0 Å². The minimum absolute atomic E-state index is 0.765. The van der Waals surface area contributed by atoms with Gasteiger partial charge >= 0.3 is 0 Å². The first-order chi connectivity index (χ1) is 10.3. The van der Waals surface area contributed by atoms with Crippen LogP contribution in [0.2, 0.25) is 0 Å². The van der Waals surface area contributed by atoms with Crippen LogP contribution in [-0.4, -0.2) is 0 Å². The molecule has 0 radical (unpaired) electrons. The Bertz CT molecular complexity index is 633. The lowest BCUT2D eigenvalue weighted by atomic mass is 10.2. The second kappa shape index (κ2) is 6.70. The molecule has 0 fully saturated rings. The third kappa shape index (κ3) is 3.60. The Morgan fingerprint density at radius 3 is 1.57 bits per heavy atom. The Balaban J connectivity index is 1.95. The summed E-state index contributed by atoms with van der Waals surface area (Å²) in [6, 6.07) is 30.9. The average molecular weight is 291 g/mol. The quantitative estimate of drug-likeness (QED) is 0.627. The Morgan fingerprint density at radius 2 is 1.10 bits per heavy atom. The minimum Gasteiger partial charge on any atom is -0.0620 e. The molecule has 0 atom stereocenters. The van der Waals surface area contributed by atoms with Crippen LogP contribution < -0.4 is 10.6 Å². The van der Waals surface area contributed by atoms with Crippen LogP contribution >= 0.6 is 7.92 Å². The molecule has 0 aromatic heterocycles. The molecule has 0 heterocycles. The van der Waals surface area contributed by atoms with Gasteiger partial charge in [0.15, 0.2) is 0 Å². The molecule has 0 aliphatic heterocycles. The monoisotopic (exact) mass is 291 g/mol. The van der Waals surface area contributed by atoms with Crippen LogP contribution in [0.15, 0.2) is 84.9 Å². The summed E-state index contributed by atoms with van der Waals surface area (Å²) in [5, 5.41) is 2.96.